The summed E-state index contributed by atoms with van der Waals surface area (Å²) in [5, 5.41) is 5.41. The van der Waals surface area contributed by atoms with Crippen molar-refractivity contribution in [3.05, 3.63) is 94.9 Å². The fourth-order valence-electron chi connectivity index (χ4n) is 3.52. The van der Waals surface area contributed by atoms with Gasteiger partial charge >= 0.3 is 5.69 Å². The van der Waals surface area contributed by atoms with Gasteiger partial charge in [0.1, 0.15) is 5.75 Å². The van der Waals surface area contributed by atoms with Gasteiger partial charge in [-0.25, -0.2) is 9.78 Å². The molecule has 5 aromatic rings. The van der Waals surface area contributed by atoms with Crippen molar-refractivity contribution in [1.29, 1.82) is 0 Å². The van der Waals surface area contributed by atoms with Crippen LogP contribution in [0.2, 0.25) is 0 Å². The van der Waals surface area contributed by atoms with Crippen LogP contribution in [0.4, 0.5) is 0 Å². The van der Waals surface area contributed by atoms with Gasteiger partial charge in [0.15, 0.2) is 11.5 Å². The molecule has 0 aliphatic carbocycles. The maximum atomic E-state index is 13.3. The molecule has 2 aromatic heterocycles. The smallest absolute Gasteiger partial charge is 0.351 e. The lowest BCUT2D eigenvalue weighted by atomic mass is 10.2. The summed E-state index contributed by atoms with van der Waals surface area (Å²) in [6.45, 7) is 0.466. The molecule has 2 heterocycles. The standard InChI is InChI=1S/C23H18N4O2/c1-29-18-13-11-17(12-14-18)21-24-22-19-9-5-6-10-20(19)26(23(28)27(22)25-21)15-16-7-3-2-4-8-16/h2-14H,15H2,1H3. The minimum atomic E-state index is -0.213. The molecule has 0 N–H and O–H groups in total. The van der Waals surface area contributed by atoms with Crippen LogP contribution < -0.4 is 10.4 Å². The van der Waals surface area contributed by atoms with Crippen LogP contribution in [0.1, 0.15) is 5.56 Å². The van der Waals surface area contributed by atoms with Crippen LogP contribution in [0.15, 0.2) is 83.7 Å². The Labute approximate surface area is 166 Å². The minimum Gasteiger partial charge on any atom is -0.497 e. The lowest BCUT2D eigenvalue weighted by Crippen LogP contribution is -2.28. The number of para-hydroxylation sites is 1. The summed E-state index contributed by atoms with van der Waals surface area (Å²) in [5.41, 5.74) is 3.06. The van der Waals surface area contributed by atoms with Crippen LogP contribution in [0, 0.1) is 0 Å². The monoisotopic (exact) mass is 382 g/mol. The van der Waals surface area contributed by atoms with Gasteiger partial charge in [0.25, 0.3) is 0 Å². The first-order chi connectivity index (χ1) is 14.2. The van der Waals surface area contributed by atoms with Crippen LogP contribution >= 0.6 is 0 Å². The fourth-order valence-corrected chi connectivity index (χ4v) is 3.52. The zero-order valence-electron chi connectivity index (χ0n) is 15.8. The number of nitrogens with zero attached hydrogens (tertiary/aromatic N) is 4. The van der Waals surface area contributed by atoms with E-state index in [1.54, 1.807) is 11.7 Å². The average molecular weight is 382 g/mol. The molecule has 0 bridgehead atoms. The molecule has 0 aliphatic heterocycles. The van der Waals surface area contributed by atoms with E-state index >= 15 is 0 Å². The number of rotatable bonds is 4. The van der Waals surface area contributed by atoms with Crippen LogP contribution in [0.25, 0.3) is 27.9 Å². The van der Waals surface area contributed by atoms with E-state index < -0.39 is 0 Å². The highest BCUT2D eigenvalue weighted by molar-refractivity contribution is 5.91. The Balaban J connectivity index is 1.73. The molecule has 0 aliphatic rings. The molecule has 0 saturated heterocycles. The van der Waals surface area contributed by atoms with Crippen molar-refractivity contribution in [2.75, 3.05) is 7.11 Å². The molecule has 29 heavy (non-hydrogen) atoms. The molecule has 0 fully saturated rings. The normalized spacial score (nSPS) is 11.2. The number of methoxy groups -OCH3 is 1. The highest BCUT2D eigenvalue weighted by Gasteiger charge is 2.16. The third-order valence-electron chi connectivity index (χ3n) is 4.99. The molecule has 0 amide bonds. The number of benzene rings is 3. The first kappa shape index (κ1) is 17.2. The predicted octanol–water partition coefficient (Wildman–Crippen LogP) is 3.77. The van der Waals surface area contributed by atoms with Gasteiger partial charge in [-0.15, -0.1) is 5.10 Å². The number of hydrogen-bond acceptors (Lipinski definition) is 4. The molecule has 0 radical (unpaired) electrons. The molecular formula is C23H18N4O2. The summed E-state index contributed by atoms with van der Waals surface area (Å²) in [6, 6.07) is 25.2. The van der Waals surface area contributed by atoms with Crippen molar-refractivity contribution in [2.24, 2.45) is 0 Å². The molecule has 6 nitrogen and oxygen atoms in total. The third kappa shape index (κ3) is 2.95. The number of ether oxygens (including phenoxy) is 1. The molecule has 6 heteroatoms. The highest BCUT2D eigenvalue weighted by atomic mass is 16.5. The minimum absolute atomic E-state index is 0.213. The second kappa shape index (κ2) is 6.91. The van der Waals surface area contributed by atoms with Crippen molar-refractivity contribution in [1.82, 2.24) is 19.2 Å². The van der Waals surface area contributed by atoms with Crippen molar-refractivity contribution in [3.63, 3.8) is 0 Å². The van der Waals surface area contributed by atoms with E-state index in [4.69, 9.17) is 4.74 Å². The number of fused-ring (bicyclic) bond motifs is 3. The Morgan fingerprint density at radius 2 is 1.62 bits per heavy atom. The zero-order chi connectivity index (χ0) is 19.8. The van der Waals surface area contributed by atoms with Gasteiger partial charge in [0.05, 0.1) is 19.2 Å². The van der Waals surface area contributed by atoms with Crippen molar-refractivity contribution < 1.29 is 4.74 Å². The number of aromatic nitrogens is 4. The van der Waals surface area contributed by atoms with Gasteiger partial charge in [0, 0.05) is 10.9 Å². The molecule has 5 rings (SSSR count). The molecule has 3 aromatic carbocycles. The Morgan fingerprint density at radius 1 is 0.897 bits per heavy atom. The Morgan fingerprint density at radius 3 is 2.38 bits per heavy atom. The zero-order valence-corrected chi connectivity index (χ0v) is 15.8. The molecule has 0 unspecified atom stereocenters. The quantitative estimate of drug-likeness (QED) is 0.475. The van der Waals surface area contributed by atoms with Crippen molar-refractivity contribution >= 4 is 16.6 Å². The van der Waals surface area contributed by atoms with Crippen LogP contribution in [-0.2, 0) is 6.54 Å². The largest absolute Gasteiger partial charge is 0.497 e. The molecule has 0 spiro atoms. The second-order valence-corrected chi connectivity index (χ2v) is 6.77. The van der Waals surface area contributed by atoms with Crippen molar-refractivity contribution in [3.8, 4) is 17.1 Å². The van der Waals surface area contributed by atoms with E-state index in [0.29, 0.717) is 18.0 Å². The Hall–Kier alpha value is -3.93. The Bertz CT molecular complexity index is 1370. The van der Waals surface area contributed by atoms with Gasteiger partial charge in [-0.1, -0.05) is 42.5 Å². The van der Waals surface area contributed by atoms with E-state index in [-0.39, 0.29) is 5.69 Å². The summed E-state index contributed by atoms with van der Waals surface area (Å²) < 4.78 is 8.35. The van der Waals surface area contributed by atoms with Gasteiger partial charge in [-0.05, 0) is 42.0 Å². The first-order valence-electron chi connectivity index (χ1n) is 9.31. The summed E-state index contributed by atoms with van der Waals surface area (Å²) in [4.78, 5) is 18.0. The van der Waals surface area contributed by atoms with E-state index in [9.17, 15) is 4.79 Å². The van der Waals surface area contributed by atoms with Gasteiger partial charge in [0.2, 0.25) is 0 Å². The lowest BCUT2D eigenvalue weighted by Gasteiger charge is -2.11. The summed E-state index contributed by atoms with van der Waals surface area (Å²) in [7, 11) is 1.62. The average Bonchev–Trinajstić information content (AvgIpc) is 3.23. The van der Waals surface area contributed by atoms with Crippen LogP contribution in [0.3, 0.4) is 0 Å². The van der Waals surface area contributed by atoms with E-state index in [0.717, 1.165) is 27.8 Å². The Kier molecular flexibility index (Phi) is 4.09. The summed E-state index contributed by atoms with van der Waals surface area (Å²) in [5.74, 6) is 1.26. The van der Waals surface area contributed by atoms with Gasteiger partial charge < -0.3 is 4.74 Å². The van der Waals surface area contributed by atoms with E-state index in [1.165, 1.54) is 4.52 Å². The van der Waals surface area contributed by atoms with Gasteiger partial charge in [-0.2, -0.15) is 4.52 Å². The first-order valence-corrected chi connectivity index (χ1v) is 9.31. The summed E-state index contributed by atoms with van der Waals surface area (Å²) >= 11 is 0. The maximum Gasteiger partial charge on any atom is 0.351 e. The second-order valence-electron chi connectivity index (χ2n) is 6.77. The highest BCUT2D eigenvalue weighted by Crippen LogP contribution is 2.23. The molecular weight excluding hydrogens is 364 g/mol. The van der Waals surface area contributed by atoms with Crippen LogP contribution in [-0.4, -0.2) is 26.3 Å². The van der Waals surface area contributed by atoms with Gasteiger partial charge in [-0.3, -0.25) is 4.57 Å². The molecule has 0 atom stereocenters. The SMILES string of the molecule is COc1ccc(-c2nc3c4ccccc4n(Cc4ccccc4)c(=O)n3n2)cc1. The maximum absolute atomic E-state index is 13.3. The predicted molar refractivity (Wildman–Crippen MR) is 112 cm³/mol. The molecule has 0 saturated carbocycles. The van der Waals surface area contributed by atoms with E-state index in [1.807, 2.05) is 78.9 Å². The van der Waals surface area contributed by atoms with Crippen LogP contribution in [0.5, 0.6) is 5.75 Å². The topological polar surface area (TPSA) is 61.4 Å². The number of hydrogen-bond donors (Lipinski definition) is 0. The third-order valence-corrected chi connectivity index (χ3v) is 4.99. The fraction of sp³-hybridized carbons (Fsp3) is 0.0870. The molecule has 142 valence electrons. The lowest BCUT2D eigenvalue weighted by molar-refractivity contribution is 0.415. The summed E-state index contributed by atoms with van der Waals surface area (Å²) in [6.07, 6.45) is 0. The van der Waals surface area contributed by atoms with Crippen molar-refractivity contribution in [2.45, 2.75) is 6.54 Å². The van der Waals surface area contributed by atoms with E-state index in [2.05, 4.69) is 10.1 Å².